The van der Waals surface area contributed by atoms with Crippen molar-refractivity contribution in [3.05, 3.63) is 12.2 Å². The Morgan fingerprint density at radius 3 is 2.65 bits per heavy atom. The van der Waals surface area contributed by atoms with Gasteiger partial charge < -0.3 is 10.2 Å². The van der Waals surface area contributed by atoms with Gasteiger partial charge in [0.2, 0.25) is 0 Å². The molecule has 0 saturated heterocycles. The summed E-state index contributed by atoms with van der Waals surface area (Å²) in [5.41, 5.74) is 0. The molecule has 0 bridgehead atoms. The molecule has 2 N–H and O–H groups in total. The average Bonchev–Trinajstić information content (AvgIpc) is 2.96. The second-order valence-electron chi connectivity index (χ2n) is 7.15. The van der Waals surface area contributed by atoms with Gasteiger partial charge in [0.15, 0.2) is 0 Å². The summed E-state index contributed by atoms with van der Waals surface area (Å²) < 4.78 is 0. The largest absolute Gasteiger partial charge is 0.481 e. The Bertz CT molecular complexity index is 338. The molecule has 0 spiro atoms. The van der Waals surface area contributed by atoms with Gasteiger partial charge in [0, 0.05) is 6.42 Å². The number of aliphatic hydroxyl groups excluding tert-OH is 1. The van der Waals surface area contributed by atoms with E-state index in [-0.39, 0.29) is 6.10 Å². The Kier molecular flexibility index (Phi) is 11.1. The summed E-state index contributed by atoms with van der Waals surface area (Å²) in [6.45, 7) is 2.19. The van der Waals surface area contributed by atoms with E-state index < -0.39 is 5.97 Å². The van der Waals surface area contributed by atoms with E-state index >= 15 is 0 Å². The number of carboxylic acids is 1. The molecule has 0 aromatic heterocycles. The highest BCUT2D eigenvalue weighted by atomic mass is 16.4. The van der Waals surface area contributed by atoms with Crippen LogP contribution in [0.5, 0.6) is 0 Å². The van der Waals surface area contributed by atoms with Crippen LogP contribution >= 0.6 is 0 Å². The second kappa shape index (κ2) is 12.6. The van der Waals surface area contributed by atoms with Crippen molar-refractivity contribution < 1.29 is 15.0 Å². The first-order chi connectivity index (χ1) is 11.1. The molecule has 23 heavy (non-hydrogen) atoms. The third-order valence-electron chi connectivity index (χ3n) is 5.12. The van der Waals surface area contributed by atoms with Crippen LogP contribution in [0.4, 0.5) is 0 Å². The van der Waals surface area contributed by atoms with Crippen molar-refractivity contribution in [3.63, 3.8) is 0 Å². The van der Waals surface area contributed by atoms with Gasteiger partial charge in [-0.3, -0.25) is 4.79 Å². The molecule has 3 heteroatoms. The van der Waals surface area contributed by atoms with Gasteiger partial charge in [-0.1, -0.05) is 64.0 Å². The molecule has 0 amide bonds. The monoisotopic (exact) mass is 324 g/mol. The number of aliphatic carboxylic acids is 1. The predicted molar refractivity (Wildman–Crippen MR) is 95.5 cm³/mol. The summed E-state index contributed by atoms with van der Waals surface area (Å²) in [4.78, 5) is 10.5. The van der Waals surface area contributed by atoms with Crippen LogP contribution in [0.3, 0.4) is 0 Å². The zero-order valence-corrected chi connectivity index (χ0v) is 14.9. The Morgan fingerprint density at radius 1 is 1.13 bits per heavy atom. The molecule has 0 radical (unpaired) electrons. The molecule has 3 nitrogen and oxygen atoms in total. The van der Waals surface area contributed by atoms with E-state index in [0.717, 1.165) is 38.0 Å². The first-order valence-corrected chi connectivity index (χ1v) is 9.71. The third-order valence-corrected chi connectivity index (χ3v) is 5.12. The van der Waals surface area contributed by atoms with Crippen LogP contribution in [0.1, 0.15) is 90.4 Å². The van der Waals surface area contributed by atoms with Crippen molar-refractivity contribution in [2.45, 2.75) is 96.5 Å². The van der Waals surface area contributed by atoms with Gasteiger partial charge >= 0.3 is 5.97 Å². The van der Waals surface area contributed by atoms with Crippen LogP contribution in [0.2, 0.25) is 0 Å². The Labute approximate surface area is 142 Å². The standard InChI is InChI=1S/C20H36O3/c1-2-3-6-13-19(21)16-15-18-12-9-11-17(18)10-7-4-5-8-14-20(22)23/h15-19,21H,2-14H2,1H3,(H,22,23)/b16-15+/t17?,18-,19+/m1/s1. The van der Waals surface area contributed by atoms with Crippen LogP contribution in [0.15, 0.2) is 12.2 Å². The van der Waals surface area contributed by atoms with Crippen molar-refractivity contribution >= 4 is 5.97 Å². The number of allylic oxidation sites excluding steroid dienone is 1. The number of carbonyl (C=O) groups is 1. The summed E-state index contributed by atoms with van der Waals surface area (Å²) in [7, 11) is 0. The van der Waals surface area contributed by atoms with Crippen LogP contribution in [-0.2, 0) is 4.79 Å². The topological polar surface area (TPSA) is 57.5 Å². The fraction of sp³-hybridized carbons (Fsp3) is 0.850. The van der Waals surface area contributed by atoms with Crippen LogP contribution in [-0.4, -0.2) is 22.3 Å². The van der Waals surface area contributed by atoms with Gasteiger partial charge in [-0.25, -0.2) is 0 Å². The lowest BCUT2D eigenvalue weighted by Gasteiger charge is -2.16. The smallest absolute Gasteiger partial charge is 0.303 e. The molecule has 1 fully saturated rings. The SMILES string of the molecule is CCCCC[C@H](O)/C=C/[C@H]1CCCC1CCCCCCC(=O)O. The number of hydrogen-bond donors (Lipinski definition) is 2. The molecular weight excluding hydrogens is 288 g/mol. The normalized spacial score (nSPS) is 22.7. The predicted octanol–water partition coefficient (Wildman–Crippen LogP) is 5.33. The van der Waals surface area contributed by atoms with E-state index in [2.05, 4.69) is 13.0 Å². The van der Waals surface area contributed by atoms with Crippen molar-refractivity contribution in [1.29, 1.82) is 0 Å². The Morgan fingerprint density at radius 2 is 1.91 bits per heavy atom. The summed E-state index contributed by atoms with van der Waals surface area (Å²) in [6, 6.07) is 0. The van der Waals surface area contributed by atoms with Gasteiger partial charge in [0.25, 0.3) is 0 Å². The van der Waals surface area contributed by atoms with Crippen molar-refractivity contribution in [2.24, 2.45) is 11.8 Å². The van der Waals surface area contributed by atoms with E-state index in [4.69, 9.17) is 5.11 Å². The zero-order chi connectivity index (χ0) is 16.9. The van der Waals surface area contributed by atoms with Crippen molar-refractivity contribution in [3.8, 4) is 0 Å². The van der Waals surface area contributed by atoms with E-state index in [1.165, 1.54) is 44.9 Å². The number of rotatable bonds is 13. The summed E-state index contributed by atoms with van der Waals surface area (Å²) in [6.07, 6.45) is 18.1. The van der Waals surface area contributed by atoms with Gasteiger partial charge in [0.05, 0.1) is 6.10 Å². The quantitative estimate of drug-likeness (QED) is 0.356. The maximum Gasteiger partial charge on any atom is 0.303 e. The maximum absolute atomic E-state index is 10.5. The van der Waals surface area contributed by atoms with E-state index in [1.54, 1.807) is 0 Å². The summed E-state index contributed by atoms with van der Waals surface area (Å²) >= 11 is 0. The minimum atomic E-state index is -0.677. The fourth-order valence-corrected chi connectivity index (χ4v) is 3.68. The molecule has 1 aliphatic rings. The molecule has 0 heterocycles. The highest BCUT2D eigenvalue weighted by Crippen LogP contribution is 2.36. The molecule has 0 aliphatic heterocycles. The highest BCUT2D eigenvalue weighted by molar-refractivity contribution is 5.66. The zero-order valence-electron chi connectivity index (χ0n) is 14.9. The molecule has 3 atom stereocenters. The minimum Gasteiger partial charge on any atom is -0.481 e. The van der Waals surface area contributed by atoms with E-state index in [9.17, 15) is 9.90 Å². The van der Waals surface area contributed by atoms with E-state index in [1.807, 2.05) is 6.08 Å². The number of hydrogen-bond acceptors (Lipinski definition) is 2. The molecule has 0 aromatic carbocycles. The maximum atomic E-state index is 10.5. The molecule has 1 saturated carbocycles. The first kappa shape index (κ1) is 20.2. The summed E-state index contributed by atoms with van der Waals surface area (Å²) in [5, 5.41) is 18.6. The van der Waals surface area contributed by atoms with Crippen LogP contribution in [0, 0.1) is 11.8 Å². The lowest BCUT2D eigenvalue weighted by molar-refractivity contribution is -0.137. The summed E-state index contributed by atoms with van der Waals surface area (Å²) in [5.74, 6) is 0.742. The van der Waals surface area contributed by atoms with Crippen LogP contribution in [0.25, 0.3) is 0 Å². The number of unbranched alkanes of at least 4 members (excludes halogenated alkanes) is 5. The lowest BCUT2D eigenvalue weighted by Crippen LogP contribution is -2.08. The van der Waals surface area contributed by atoms with Crippen molar-refractivity contribution in [2.75, 3.05) is 0 Å². The number of aliphatic hydroxyl groups is 1. The lowest BCUT2D eigenvalue weighted by atomic mass is 9.89. The molecule has 1 unspecified atom stereocenters. The minimum absolute atomic E-state index is 0.265. The Hall–Kier alpha value is -0.830. The van der Waals surface area contributed by atoms with Gasteiger partial charge in [-0.2, -0.15) is 0 Å². The van der Waals surface area contributed by atoms with Gasteiger partial charge in [-0.05, 0) is 43.9 Å². The van der Waals surface area contributed by atoms with Gasteiger partial charge in [0.1, 0.15) is 0 Å². The number of carboxylic acid groups (broad SMARTS) is 1. The molecule has 134 valence electrons. The Balaban J connectivity index is 2.16. The third kappa shape index (κ3) is 9.80. The van der Waals surface area contributed by atoms with E-state index in [0.29, 0.717) is 12.3 Å². The molecule has 0 aromatic rings. The fourth-order valence-electron chi connectivity index (χ4n) is 3.68. The van der Waals surface area contributed by atoms with Crippen LogP contribution < -0.4 is 0 Å². The van der Waals surface area contributed by atoms with Crippen molar-refractivity contribution in [1.82, 2.24) is 0 Å². The average molecular weight is 325 g/mol. The second-order valence-corrected chi connectivity index (χ2v) is 7.15. The highest BCUT2D eigenvalue weighted by Gasteiger charge is 2.24. The van der Waals surface area contributed by atoms with Gasteiger partial charge in [-0.15, -0.1) is 0 Å². The molecule has 1 aliphatic carbocycles. The first-order valence-electron chi connectivity index (χ1n) is 9.71. The molecule has 1 rings (SSSR count). The molecular formula is C20H36O3.